The molecule has 0 heterocycles. The second-order valence-corrected chi connectivity index (χ2v) is 3.97. The highest BCUT2D eigenvalue weighted by molar-refractivity contribution is 5.77. The number of methoxy groups -OCH3 is 2. The lowest BCUT2D eigenvalue weighted by Gasteiger charge is -2.07. The van der Waals surface area contributed by atoms with Gasteiger partial charge in [-0.2, -0.15) is 0 Å². The molecule has 0 unspecified atom stereocenters. The summed E-state index contributed by atoms with van der Waals surface area (Å²) in [4.78, 5) is 0. The van der Waals surface area contributed by atoms with Gasteiger partial charge in [0.2, 0.25) is 0 Å². The predicted molar refractivity (Wildman–Crippen MR) is 75.0 cm³/mol. The lowest BCUT2D eigenvalue weighted by molar-refractivity contribution is 0.355. The normalized spacial score (nSPS) is 11.2. The van der Waals surface area contributed by atoms with Crippen LogP contribution in [0.15, 0.2) is 48.5 Å². The third-order valence-corrected chi connectivity index (χ3v) is 2.75. The quantitative estimate of drug-likeness (QED) is 0.766. The molecule has 0 radical (unpaired) electrons. The van der Waals surface area contributed by atoms with Crippen molar-refractivity contribution in [1.82, 2.24) is 0 Å². The number of halogens is 1. The summed E-state index contributed by atoms with van der Waals surface area (Å²) in [6.45, 7) is 0. The zero-order valence-corrected chi connectivity index (χ0v) is 10.9. The molecule has 0 aromatic heterocycles. The van der Waals surface area contributed by atoms with Crippen molar-refractivity contribution in [2.45, 2.75) is 0 Å². The number of ether oxygens (including phenoxy) is 2. The van der Waals surface area contributed by atoms with Crippen molar-refractivity contribution in [2.24, 2.45) is 0 Å². The van der Waals surface area contributed by atoms with Crippen molar-refractivity contribution in [1.29, 1.82) is 0 Å². The maximum atomic E-state index is 14.0. The molecule has 19 heavy (non-hydrogen) atoms. The minimum atomic E-state index is -0.284. The second kappa shape index (κ2) is 6.05. The van der Waals surface area contributed by atoms with Crippen LogP contribution in [0.25, 0.3) is 11.9 Å². The Labute approximate surface area is 112 Å². The molecule has 0 aliphatic carbocycles. The molecule has 2 aromatic rings. The zero-order chi connectivity index (χ0) is 13.7. The number of rotatable bonds is 4. The fraction of sp³-hybridized carbons (Fsp3) is 0.125. The Morgan fingerprint density at radius 1 is 0.947 bits per heavy atom. The van der Waals surface area contributed by atoms with Gasteiger partial charge in [0.1, 0.15) is 5.83 Å². The highest BCUT2D eigenvalue weighted by Crippen LogP contribution is 2.29. The zero-order valence-electron chi connectivity index (χ0n) is 10.9. The van der Waals surface area contributed by atoms with E-state index in [9.17, 15) is 4.39 Å². The van der Waals surface area contributed by atoms with Crippen LogP contribution < -0.4 is 9.47 Å². The van der Waals surface area contributed by atoms with Gasteiger partial charge >= 0.3 is 0 Å². The van der Waals surface area contributed by atoms with E-state index in [0.717, 1.165) is 5.56 Å². The highest BCUT2D eigenvalue weighted by Gasteiger charge is 2.05. The average Bonchev–Trinajstić information content (AvgIpc) is 2.48. The SMILES string of the molecule is COc1ccc(/C=C(\F)c2ccccc2)cc1OC. The summed E-state index contributed by atoms with van der Waals surface area (Å²) in [5, 5.41) is 0. The Balaban J connectivity index is 2.33. The Bertz CT molecular complexity index is 577. The molecule has 0 aliphatic rings. The maximum Gasteiger partial charge on any atom is 0.161 e. The molecule has 2 aromatic carbocycles. The van der Waals surface area contributed by atoms with Gasteiger partial charge in [-0.3, -0.25) is 0 Å². The summed E-state index contributed by atoms with van der Waals surface area (Å²) in [7, 11) is 3.12. The molecule has 98 valence electrons. The monoisotopic (exact) mass is 258 g/mol. The van der Waals surface area contributed by atoms with Gasteiger partial charge in [0.25, 0.3) is 0 Å². The molecule has 0 bridgehead atoms. The van der Waals surface area contributed by atoms with Crippen molar-refractivity contribution in [3.05, 3.63) is 59.7 Å². The number of benzene rings is 2. The number of hydrogen-bond acceptors (Lipinski definition) is 2. The van der Waals surface area contributed by atoms with E-state index in [2.05, 4.69) is 0 Å². The van der Waals surface area contributed by atoms with E-state index < -0.39 is 0 Å². The molecule has 0 amide bonds. The molecule has 0 atom stereocenters. The van der Waals surface area contributed by atoms with E-state index in [1.165, 1.54) is 6.08 Å². The van der Waals surface area contributed by atoms with Crippen LogP contribution in [-0.2, 0) is 0 Å². The summed E-state index contributed by atoms with van der Waals surface area (Å²) < 4.78 is 24.4. The van der Waals surface area contributed by atoms with Gasteiger partial charge in [-0.15, -0.1) is 0 Å². The minimum Gasteiger partial charge on any atom is -0.493 e. The fourth-order valence-electron chi connectivity index (χ4n) is 1.77. The average molecular weight is 258 g/mol. The van der Waals surface area contributed by atoms with E-state index in [1.54, 1.807) is 56.7 Å². The molecule has 0 saturated heterocycles. The van der Waals surface area contributed by atoms with E-state index in [-0.39, 0.29) is 5.83 Å². The molecule has 0 spiro atoms. The first kappa shape index (κ1) is 13.1. The summed E-state index contributed by atoms with van der Waals surface area (Å²) in [6.07, 6.45) is 1.47. The number of hydrogen-bond donors (Lipinski definition) is 0. The van der Waals surface area contributed by atoms with Crippen LogP contribution >= 0.6 is 0 Å². The van der Waals surface area contributed by atoms with Crippen molar-refractivity contribution in [2.75, 3.05) is 14.2 Å². The van der Waals surface area contributed by atoms with E-state index in [0.29, 0.717) is 17.1 Å². The first-order valence-electron chi connectivity index (χ1n) is 5.89. The minimum absolute atomic E-state index is 0.284. The highest BCUT2D eigenvalue weighted by atomic mass is 19.1. The molecular weight excluding hydrogens is 243 g/mol. The smallest absolute Gasteiger partial charge is 0.161 e. The van der Waals surface area contributed by atoms with E-state index >= 15 is 0 Å². The largest absolute Gasteiger partial charge is 0.493 e. The molecule has 0 N–H and O–H groups in total. The fourth-order valence-corrected chi connectivity index (χ4v) is 1.77. The third kappa shape index (κ3) is 3.13. The lowest BCUT2D eigenvalue weighted by Crippen LogP contribution is -1.90. The van der Waals surface area contributed by atoms with Gasteiger partial charge in [-0.05, 0) is 23.8 Å². The summed E-state index contributed by atoms with van der Waals surface area (Å²) in [6, 6.07) is 14.2. The van der Waals surface area contributed by atoms with Crippen LogP contribution in [0.1, 0.15) is 11.1 Å². The topological polar surface area (TPSA) is 18.5 Å². The van der Waals surface area contributed by atoms with Gasteiger partial charge in [0.05, 0.1) is 14.2 Å². The van der Waals surface area contributed by atoms with E-state index in [4.69, 9.17) is 9.47 Å². The van der Waals surface area contributed by atoms with Crippen LogP contribution in [0.2, 0.25) is 0 Å². The van der Waals surface area contributed by atoms with Crippen LogP contribution in [0.3, 0.4) is 0 Å². The molecule has 0 saturated carbocycles. The molecule has 2 rings (SSSR count). The molecule has 2 nitrogen and oxygen atoms in total. The molecular formula is C16H15FO2. The van der Waals surface area contributed by atoms with Crippen molar-refractivity contribution in [3.63, 3.8) is 0 Å². The van der Waals surface area contributed by atoms with Crippen molar-refractivity contribution < 1.29 is 13.9 Å². The van der Waals surface area contributed by atoms with Gasteiger partial charge < -0.3 is 9.47 Å². The van der Waals surface area contributed by atoms with E-state index in [1.807, 2.05) is 6.07 Å². The molecule has 0 fully saturated rings. The summed E-state index contributed by atoms with van der Waals surface area (Å²) in [5.41, 5.74) is 1.27. The van der Waals surface area contributed by atoms with Crippen molar-refractivity contribution >= 4 is 11.9 Å². The van der Waals surface area contributed by atoms with Gasteiger partial charge in [-0.1, -0.05) is 36.4 Å². The summed E-state index contributed by atoms with van der Waals surface area (Å²) in [5.74, 6) is 0.921. The van der Waals surface area contributed by atoms with Crippen LogP contribution in [-0.4, -0.2) is 14.2 Å². The Hall–Kier alpha value is -2.29. The maximum absolute atomic E-state index is 14.0. The molecule has 0 aliphatic heterocycles. The van der Waals surface area contributed by atoms with Crippen LogP contribution in [0.4, 0.5) is 4.39 Å². The van der Waals surface area contributed by atoms with Crippen LogP contribution in [0, 0.1) is 0 Å². The Morgan fingerprint density at radius 3 is 2.26 bits per heavy atom. The Morgan fingerprint density at radius 2 is 1.63 bits per heavy atom. The predicted octanol–water partition coefficient (Wildman–Crippen LogP) is 4.17. The first-order chi connectivity index (χ1) is 9.24. The van der Waals surface area contributed by atoms with Crippen molar-refractivity contribution in [3.8, 4) is 11.5 Å². The lowest BCUT2D eigenvalue weighted by atomic mass is 10.1. The standard InChI is InChI=1S/C16H15FO2/c1-18-15-9-8-12(11-16(15)19-2)10-14(17)13-6-4-3-5-7-13/h3-11H,1-2H3/b14-10-. The van der Waals surface area contributed by atoms with Gasteiger partial charge in [0, 0.05) is 5.56 Å². The van der Waals surface area contributed by atoms with Gasteiger partial charge in [0.15, 0.2) is 11.5 Å². The van der Waals surface area contributed by atoms with Gasteiger partial charge in [-0.25, -0.2) is 4.39 Å². The summed E-state index contributed by atoms with van der Waals surface area (Å²) >= 11 is 0. The van der Waals surface area contributed by atoms with Crippen LogP contribution in [0.5, 0.6) is 11.5 Å². The molecule has 3 heteroatoms. The second-order valence-electron chi connectivity index (χ2n) is 3.97. The first-order valence-corrected chi connectivity index (χ1v) is 5.89. The third-order valence-electron chi connectivity index (χ3n) is 2.75. The Kier molecular flexibility index (Phi) is 4.18.